The van der Waals surface area contributed by atoms with Crippen LogP contribution in [0.1, 0.15) is 23.1 Å². The molecule has 0 heterocycles. The lowest BCUT2D eigenvalue weighted by Crippen LogP contribution is -2.26. The van der Waals surface area contributed by atoms with E-state index in [0.717, 1.165) is 12.8 Å². The van der Waals surface area contributed by atoms with Crippen molar-refractivity contribution in [3.8, 4) is 0 Å². The van der Waals surface area contributed by atoms with Gasteiger partial charge in [-0.2, -0.15) is 0 Å². The zero-order chi connectivity index (χ0) is 15.9. The van der Waals surface area contributed by atoms with Gasteiger partial charge in [-0.15, -0.1) is 0 Å². The predicted octanol–water partition coefficient (Wildman–Crippen LogP) is 4.08. The normalized spacial score (nSPS) is 10.5. The van der Waals surface area contributed by atoms with E-state index in [1.54, 1.807) is 12.1 Å². The van der Waals surface area contributed by atoms with Gasteiger partial charge in [-0.05, 0) is 43.0 Å². The molecule has 0 radical (unpaired) electrons. The minimum atomic E-state index is -0.442. The number of hydrogen-bond donors (Lipinski definition) is 1. The SMILES string of the molecule is Cc1ccc(CCCNC(=O)Cc2ccc(Cl)cc2F)cc1. The number of rotatable bonds is 6. The summed E-state index contributed by atoms with van der Waals surface area (Å²) < 4.78 is 13.6. The first-order valence-electron chi connectivity index (χ1n) is 7.31. The van der Waals surface area contributed by atoms with Gasteiger partial charge < -0.3 is 5.32 Å². The summed E-state index contributed by atoms with van der Waals surface area (Å²) in [4.78, 5) is 11.8. The number of amides is 1. The van der Waals surface area contributed by atoms with Crippen LogP contribution in [0.2, 0.25) is 5.02 Å². The van der Waals surface area contributed by atoms with Crippen LogP contribution in [0.15, 0.2) is 42.5 Å². The fraction of sp³-hybridized carbons (Fsp3) is 0.278. The highest BCUT2D eigenvalue weighted by Gasteiger charge is 2.08. The number of carbonyl (C=O) groups is 1. The van der Waals surface area contributed by atoms with Crippen molar-refractivity contribution < 1.29 is 9.18 Å². The summed E-state index contributed by atoms with van der Waals surface area (Å²) in [5.41, 5.74) is 2.85. The molecule has 0 aliphatic rings. The predicted molar refractivity (Wildman–Crippen MR) is 87.6 cm³/mol. The summed E-state index contributed by atoms with van der Waals surface area (Å²) in [6, 6.07) is 12.7. The molecular weight excluding hydrogens is 301 g/mol. The molecule has 22 heavy (non-hydrogen) atoms. The van der Waals surface area contributed by atoms with Gasteiger partial charge in [0.1, 0.15) is 5.82 Å². The fourth-order valence-corrected chi connectivity index (χ4v) is 2.33. The molecule has 0 aromatic heterocycles. The largest absolute Gasteiger partial charge is 0.356 e. The average molecular weight is 320 g/mol. The molecule has 0 fully saturated rings. The van der Waals surface area contributed by atoms with Crippen LogP contribution in [-0.2, 0) is 17.6 Å². The third-order valence-electron chi connectivity index (χ3n) is 3.45. The standard InChI is InChI=1S/C18H19ClFNO/c1-13-4-6-14(7-5-13)3-2-10-21-18(22)11-15-8-9-16(19)12-17(15)20/h4-9,12H,2-3,10-11H2,1H3,(H,21,22). The Kier molecular flexibility index (Phi) is 5.96. The molecule has 0 saturated heterocycles. The van der Waals surface area contributed by atoms with E-state index in [9.17, 15) is 9.18 Å². The zero-order valence-corrected chi connectivity index (χ0v) is 13.3. The Hall–Kier alpha value is -1.87. The summed E-state index contributed by atoms with van der Waals surface area (Å²) in [6.07, 6.45) is 1.81. The number of hydrogen-bond acceptors (Lipinski definition) is 1. The van der Waals surface area contributed by atoms with Crippen LogP contribution in [0.5, 0.6) is 0 Å². The number of halogens is 2. The summed E-state index contributed by atoms with van der Waals surface area (Å²) in [5.74, 6) is -0.618. The Morgan fingerprint density at radius 1 is 1.18 bits per heavy atom. The van der Waals surface area contributed by atoms with Gasteiger partial charge in [0.05, 0.1) is 6.42 Å². The van der Waals surface area contributed by atoms with Gasteiger partial charge in [-0.25, -0.2) is 4.39 Å². The zero-order valence-electron chi connectivity index (χ0n) is 12.5. The van der Waals surface area contributed by atoms with Crippen molar-refractivity contribution in [2.45, 2.75) is 26.2 Å². The molecular formula is C18H19ClFNO. The molecule has 2 nitrogen and oxygen atoms in total. The van der Waals surface area contributed by atoms with E-state index in [1.807, 2.05) is 0 Å². The van der Waals surface area contributed by atoms with Gasteiger partial charge >= 0.3 is 0 Å². The van der Waals surface area contributed by atoms with Gasteiger partial charge in [0, 0.05) is 11.6 Å². The van der Waals surface area contributed by atoms with Crippen LogP contribution in [0.25, 0.3) is 0 Å². The Labute approximate surface area is 135 Å². The van der Waals surface area contributed by atoms with Crippen LogP contribution >= 0.6 is 11.6 Å². The quantitative estimate of drug-likeness (QED) is 0.799. The van der Waals surface area contributed by atoms with Crippen molar-refractivity contribution in [2.75, 3.05) is 6.54 Å². The number of nitrogens with one attached hydrogen (secondary N) is 1. The molecule has 0 spiro atoms. The third-order valence-corrected chi connectivity index (χ3v) is 3.69. The second-order valence-corrected chi connectivity index (χ2v) is 5.79. The number of aryl methyl sites for hydroxylation is 2. The highest BCUT2D eigenvalue weighted by molar-refractivity contribution is 6.30. The van der Waals surface area contributed by atoms with E-state index in [0.29, 0.717) is 17.1 Å². The van der Waals surface area contributed by atoms with E-state index in [-0.39, 0.29) is 12.3 Å². The smallest absolute Gasteiger partial charge is 0.224 e. The Balaban J connectivity index is 1.72. The first-order valence-corrected chi connectivity index (χ1v) is 7.68. The van der Waals surface area contributed by atoms with Crippen LogP contribution < -0.4 is 5.32 Å². The lowest BCUT2D eigenvalue weighted by Gasteiger charge is -2.07. The Morgan fingerprint density at radius 2 is 1.91 bits per heavy atom. The van der Waals surface area contributed by atoms with Gasteiger partial charge in [-0.3, -0.25) is 4.79 Å². The summed E-state index contributed by atoms with van der Waals surface area (Å²) >= 11 is 5.68. The van der Waals surface area contributed by atoms with E-state index in [4.69, 9.17) is 11.6 Å². The number of carbonyl (C=O) groups excluding carboxylic acids is 1. The minimum Gasteiger partial charge on any atom is -0.356 e. The lowest BCUT2D eigenvalue weighted by atomic mass is 10.1. The van der Waals surface area contributed by atoms with Gasteiger partial charge in [0.25, 0.3) is 0 Å². The first kappa shape index (κ1) is 16.5. The average Bonchev–Trinajstić information content (AvgIpc) is 2.48. The molecule has 2 rings (SSSR count). The molecule has 0 bridgehead atoms. The molecule has 0 atom stereocenters. The maximum absolute atomic E-state index is 13.6. The van der Waals surface area contributed by atoms with Crippen molar-refractivity contribution in [1.29, 1.82) is 0 Å². The van der Waals surface area contributed by atoms with E-state index >= 15 is 0 Å². The monoisotopic (exact) mass is 319 g/mol. The molecule has 116 valence electrons. The summed E-state index contributed by atoms with van der Waals surface area (Å²) in [5, 5.41) is 3.15. The first-order chi connectivity index (χ1) is 10.5. The maximum Gasteiger partial charge on any atom is 0.224 e. The molecule has 4 heteroatoms. The molecule has 0 unspecified atom stereocenters. The van der Waals surface area contributed by atoms with Crippen LogP contribution in [0.4, 0.5) is 4.39 Å². The number of benzene rings is 2. The molecule has 0 saturated carbocycles. The molecule has 2 aromatic carbocycles. The van der Waals surface area contributed by atoms with Gasteiger partial charge in [0.2, 0.25) is 5.91 Å². The molecule has 0 aliphatic carbocycles. The van der Waals surface area contributed by atoms with Crippen molar-refractivity contribution in [2.24, 2.45) is 0 Å². The lowest BCUT2D eigenvalue weighted by molar-refractivity contribution is -0.120. The second-order valence-electron chi connectivity index (χ2n) is 5.35. The molecule has 0 aliphatic heterocycles. The van der Waals surface area contributed by atoms with Crippen molar-refractivity contribution >= 4 is 17.5 Å². The van der Waals surface area contributed by atoms with E-state index in [2.05, 4.69) is 36.5 Å². The molecule has 1 amide bonds. The van der Waals surface area contributed by atoms with E-state index in [1.165, 1.54) is 17.2 Å². The summed E-state index contributed by atoms with van der Waals surface area (Å²) in [7, 11) is 0. The van der Waals surface area contributed by atoms with Crippen LogP contribution in [-0.4, -0.2) is 12.5 Å². The Morgan fingerprint density at radius 3 is 2.59 bits per heavy atom. The van der Waals surface area contributed by atoms with Gasteiger partial charge in [0.15, 0.2) is 0 Å². The molecule has 1 N–H and O–H groups in total. The summed E-state index contributed by atoms with van der Waals surface area (Å²) in [6.45, 7) is 2.64. The van der Waals surface area contributed by atoms with Crippen molar-refractivity contribution in [3.63, 3.8) is 0 Å². The molecule has 2 aromatic rings. The topological polar surface area (TPSA) is 29.1 Å². The van der Waals surface area contributed by atoms with Gasteiger partial charge in [-0.1, -0.05) is 47.5 Å². The Bertz CT molecular complexity index is 640. The third kappa shape index (κ3) is 5.15. The van der Waals surface area contributed by atoms with Crippen LogP contribution in [0.3, 0.4) is 0 Å². The van der Waals surface area contributed by atoms with Crippen molar-refractivity contribution in [3.05, 3.63) is 70.0 Å². The van der Waals surface area contributed by atoms with Crippen molar-refractivity contribution in [1.82, 2.24) is 5.32 Å². The highest BCUT2D eigenvalue weighted by Crippen LogP contribution is 2.15. The second kappa shape index (κ2) is 7.95. The minimum absolute atomic E-state index is 0.0353. The van der Waals surface area contributed by atoms with E-state index < -0.39 is 5.82 Å². The maximum atomic E-state index is 13.6. The highest BCUT2D eigenvalue weighted by atomic mass is 35.5. The van der Waals surface area contributed by atoms with Crippen LogP contribution in [0, 0.1) is 12.7 Å². The fourth-order valence-electron chi connectivity index (χ4n) is 2.18.